The zero-order valence-electron chi connectivity index (χ0n) is 31.6. The number of fused-ring (bicyclic) bond motifs is 5. The van der Waals surface area contributed by atoms with Gasteiger partial charge >= 0.3 is 0 Å². The summed E-state index contributed by atoms with van der Waals surface area (Å²) in [5.41, 5.74) is 8.75. The Balaban J connectivity index is 1.30. The number of carbonyl (C=O) groups is 2. The fraction of sp³-hybridized carbons (Fsp3) is 0.500. The second-order valence-electron chi connectivity index (χ2n) is 15.9. The summed E-state index contributed by atoms with van der Waals surface area (Å²) < 4.78 is 43.4. The molecule has 54 heavy (non-hydrogen) atoms. The summed E-state index contributed by atoms with van der Waals surface area (Å²) in [6.45, 7) is 6.22. The van der Waals surface area contributed by atoms with E-state index in [-0.39, 0.29) is 30.0 Å². The maximum atomic E-state index is 14.3. The van der Waals surface area contributed by atoms with Gasteiger partial charge in [0.15, 0.2) is 0 Å². The fourth-order valence-electron chi connectivity index (χ4n) is 8.90. The van der Waals surface area contributed by atoms with Crippen LogP contribution >= 0.6 is 0 Å². The van der Waals surface area contributed by atoms with Gasteiger partial charge in [0.2, 0.25) is 15.9 Å². The first-order chi connectivity index (χ1) is 26.1. The van der Waals surface area contributed by atoms with Gasteiger partial charge in [0.1, 0.15) is 5.75 Å². The average Bonchev–Trinajstić information content (AvgIpc) is 3.64. The van der Waals surface area contributed by atoms with Gasteiger partial charge in [-0.2, -0.15) is 5.10 Å². The third-order valence-electron chi connectivity index (χ3n) is 11.6. The molecule has 2 amide bonds. The van der Waals surface area contributed by atoms with Crippen molar-refractivity contribution in [1.82, 2.24) is 24.0 Å². The largest absolute Gasteiger partial charge is 0.497 e. The number of amides is 2. The zero-order valence-corrected chi connectivity index (χ0v) is 32.4. The first kappa shape index (κ1) is 36.6. The molecule has 8 rings (SSSR count). The SMILES string of the molecule is COc1ccc2c(c1)C=C(c1c(C(=O)N3CCOCC3)cnn1C1CCC1)Cn1c-2c(C2CCCCC2)c2ccc(CC(=O)NS(=O)(=O)CC(C)C)cc21. The van der Waals surface area contributed by atoms with Gasteiger partial charge in [0.05, 0.1) is 68.2 Å². The van der Waals surface area contributed by atoms with E-state index in [1.54, 1.807) is 13.3 Å². The monoisotopic (exact) mass is 753 g/mol. The molecule has 0 unspecified atom stereocenters. The quantitative estimate of drug-likeness (QED) is 0.186. The molecule has 2 aromatic heterocycles. The van der Waals surface area contributed by atoms with Gasteiger partial charge in [-0.3, -0.25) is 19.0 Å². The van der Waals surface area contributed by atoms with E-state index in [2.05, 4.69) is 44.3 Å². The van der Waals surface area contributed by atoms with Crippen molar-refractivity contribution in [2.24, 2.45) is 5.92 Å². The minimum Gasteiger partial charge on any atom is -0.497 e. The number of nitrogens with one attached hydrogen (secondary N) is 1. The Morgan fingerprint density at radius 3 is 2.46 bits per heavy atom. The van der Waals surface area contributed by atoms with E-state index < -0.39 is 15.9 Å². The lowest BCUT2D eigenvalue weighted by Gasteiger charge is -2.30. The Labute approximate surface area is 317 Å². The summed E-state index contributed by atoms with van der Waals surface area (Å²) in [5, 5.41) is 6.06. The Morgan fingerprint density at radius 1 is 0.981 bits per heavy atom. The molecule has 12 heteroatoms. The molecule has 1 saturated heterocycles. The van der Waals surface area contributed by atoms with Gasteiger partial charge in [0, 0.05) is 29.6 Å². The first-order valence-electron chi connectivity index (χ1n) is 19.6. The average molecular weight is 754 g/mol. The maximum absolute atomic E-state index is 14.3. The van der Waals surface area contributed by atoms with Crippen molar-refractivity contribution >= 4 is 44.4 Å². The van der Waals surface area contributed by atoms with E-state index in [4.69, 9.17) is 14.6 Å². The van der Waals surface area contributed by atoms with Crippen molar-refractivity contribution in [3.63, 3.8) is 0 Å². The predicted molar refractivity (Wildman–Crippen MR) is 210 cm³/mol. The van der Waals surface area contributed by atoms with E-state index >= 15 is 0 Å². The number of morpholine rings is 1. The number of benzene rings is 2. The molecule has 4 aliphatic rings. The van der Waals surface area contributed by atoms with E-state index in [9.17, 15) is 18.0 Å². The summed E-state index contributed by atoms with van der Waals surface area (Å²) in [5.74, 6) is 0.335. The van der Waals surface area contributed by atoms with Gasteiger partial charge in [-0.25, -0.2) is 8.42 Å². The van der Waals surface area contributed by atoms with Crippen LogP contribution in [0.3, 0.4) is 0 Å². The topological polar surface area (TPSA) is 125 Å². The third-order valence-corrected chi connectivity index (χ3v) is 13.2. The predicted octanol–water partition coefficient (Wildman–Crippen LogP) is 6.96. The number of methoxy groups -OCH3 is 1. The molecule has 0 spiro atoms. The van der Waals surface area contributed by atoms with Gasteiger partial charge < -0.3 is 18.9 Å². The molecule has 2 aromatic carbocycles. The van der Waals surface area contributed by atoms with Crippen molar-refractivity contribution in [3.05, 3.63) is 70.5 Å². The normalized spacial score (nSPS) is 18.1. The molecule has 0 bridgehead atoms. The van der Waals surface area contributed by atoms with Crippen LogP contribution in [0.5, 0.6) is 5.75 Å². The highest BCUT2D eigenvalue weighted by Crippen LogP contribution is 2.48. The molecule has 0 radical (unpaired) electrons. The van der Waals surface area contributed by atoms with Crippen LogP contribution in [0.4, 0.5) is 0 Å². The maximum Gasteiger partial charge on any atom is 0.257 e. The van der Waals surface area contributed by atoms with Crippen LogP contribution in [0.1, 0.15) is 110 Å². The molecule has 2 saturated carbocycles. The van der Waals surface area contributed by atoms with E-state index in [0.29, 0.717) is 44.3 Å². The van der Waals surface area contributed by atoms with Gasteiger partial charge in [-0.05, 0) is 96.5 Å². The summed E-state index contributed by atoms with van der Waals surface area (Å²) in [7, 11) is -2.06. The molecule has 2 aliphatic carbocycles. The number of allylic oxidation sites excluding steroid dienone is 1. The van der Waals surface area contributed by atoms with Crippen LogP contribution in [0.2, 0.25) is 0 Å². The number of rotatable bonds is 10. The molecule has 11 nitrogen and oxygen atoms in total. The van der Waals surface area contributed by atoms with E-state index in [0.717, 1.165) is 82.4 Å². The summed E-state index contributed by atoms with van der Waals surface area (Å²) >= 11 is 0. The highest BCUT2D eigenvalue weighted by atomic mass is 32.2. The van der Waals surface area contributed by atoms with Crippen LogP contribution < -0.4 is 9.46 Å². The molecular formula is C42H51N5O6S. The summed E-state index contributed by atoms with van der Waals surface area (Å²) in [4.78, 5) is 29.3. The Morgan fingerprint density at radius 2 is 1.76 bits per heavy atom. The van der Waals surface area contributed by atoms with Crippen molar-refractivity contribution < 1.29 is 27.5 Å². The van der Waals surface area contributed by atoms with Crippen LogP contribution in [-0.4, -0.2) is 78.6 Å². The third kappa shape index (κ3) is 7.10. The standard InChI is InChI=1S/C42H51N5O6S/c1-27(2)26-54(50,51)44-38(48)21-28-12-14-35-37(20-28)46-25-31(40-36(24-43-47(40)32-10-7-11-32)42(49)45-16-18-53-19-17-45)22-30-23-33(52-3)13-15-34(30)41(46)39(35)29-8-5-4-6-9-29/h12-15,20,22-24,27,29,32H,4-11,16-19,21,25-26H2,1-3H3,(H,44,48). The molecule has 2 aliphatic heterocycles. The van der Waals surface area contributed by atoms with Gasteiger partial charge in [-0.15, -0.1) is 0 Å². The van der Waals surface area contributed by atoms with E-state index in [1.807, 2.05) is 30.9 Å². The number of hydrogen-bond donors (Lipinski definition) is 1. The van der Waals surface area contributed by atoms with Crippen molar-refractivity contribution in [2.45, 2.75) is 90.1 Å². The van der Waals surface area contributed by atoms with Crippen LogP contribution in [0.15, 0.2) is 42.6 Å². The molecule has 286 valence electrons. The highest BCUT2D eigenvalue weighted by molar-refractivity contribution is 7.90. The molecule has 1 N–H and O–H groups in total. The smallest absolute Gasteiger partial charge is 0.257 e. The minimum atomic E-state index is -3.74. The van der Waals surface area contributed by atoms with Crippen LogP contribution in [0, 0.1) is 5.92 Å². The molecule has 3 fully saturated rings. The Bertz CT molecular complexity index is 2220. The summed E-state index contributed by atoms with van der Waals surface area (Å²) in [6.07, 6.45) is 12.9. The fourth-order valence-corrected chi connectivity index (χ4v) is 10.3. The molecular weight excluding hydrogens is 703 g/mol. The lowest BCUT2D eigenvalue weighted by Crippen LogP contribution is -2.41. The van der Waals surface area contributed by atoms with Gasteiger partial charge in [-0.1, -0.05) is 45.2 Å². The highest BCUT2D eigenvalue weighted by Gasteiger charge is 2.34. The first-order valence-corrected chi connectivity index (χ1v) is 21.3. The summed E-state index contributed by atoms with van der Waals surface area (Å²) in [6, 6.07) is 12.6. The number of aromatic nitrogens is 3. The van der Waals surface area contributed by atoms with Gasteiger partial charge in [0.25, 0.3) is 5.91 Å². The zero-order chi connectivity index (χ0) is 37.6. The molecule has 4 heterocycles. The van der Waals surface area contributed by atoms with E-state index in [1.165, 1.54) is 24.8 Å². The molecule has 0 atom stereocenters. The van der Waals surface area contributed by atoms with Crippen molar-refractivity contribution in [2.75, 3.05) is 39.2 Å². The van der Waals surface area contributed by atoms with Crippen LogP contribution in [-0.2, 0) is 32.5 Å². The number of carbonyl (C=O) groups excluding carboxylic acids is 2. The minimum absolute atomic E-state index is 0.0314. The number of sulfonamides is 1. The second-order valence-corrected chi connectivity index (χ2v) is 17.6. The lowest BCUT2D eigenvalue weighted by molar-refractivity contribution is -0.118. The van der Waals surface area contributed by atoms with Crippen molar-refractivity contribution in [1.29, 1.82) is 0 Å². The lowest BCUT2D eigenvalue weighted by atomic mass is 9.81. The number of nitrogens with zero attached hydrogens (tertiary/aromatic N) is 4. The van der Waals surface area contributed by atoms with Crippen LogP contribution in [0.25, 0.3) is 33.8 Å². The number of hydrogen-bond acceptors (Lipinski definition) is 7. The second kappa shape index (κ2) is 15.0. The molecule has 4 aromatic rings. The number of ether oxygens (including phenoxy) is 2. The van der Waals surface area contributed by atoms with Crippen molar-refractivity contribution in [3.8, 4) is 17.0 Å². The Hall–Kier alpha value is -4.42. The Kier molecular flexibility index (Phi) is 10.2.